The zero-order valence-corrected chi connectivity index (χ0v) is 7.45. The van der Waals surface area contributed by atoms with Crippen LogP contribution in [0.4, 0.5) is 8.78 Å². The van der Waals surface area contributed by atoms with Crippen LogP contribution in [0.15, 0.2) is 18.2 Å². The molecule has 0 aliphatic carbocycles. The minimum absolute atomic E-state index is 0.0217. The van der Waals surface area contributed by atoms with Crippen molar-refractivity contribution in [2.75, 3.05) is 6.61 Å². The van der Waals surface area contributed by atoms with Crippen LogP contribution < -0.4 is 11.5 Å². The highest BCUT2D eigenvalue weighted by atomic mass is 19.1. The van der Waals surface area contributed by atoms with E-state index in [1.165, 1.54) is 0 Å². The third-order valence-electron chi connectivity index (χ3n) is 1.99. The molecule has 0 fully saturated rings. The van der Waals surface area contributed by atoms with E-state index in [-0.39, 0.29) is 12.2 Å². The molecule has 0 saturated heterocycles. The summed E-state index contributed by atoms with van der Waals surface area (Å²) in [5.74, 6) is -1.20. The van der Waals surface area contributed by atoms with E-state index >= 15 is 0 Å². The Kier molecular flexibility index (Phi) is 3.51. The fourth-order valence-electron chi connectivity index (χ4n) is 1.11. The molecule has 0 radical (unpaired) electrons. The summed E-state index contributed by atoms with van der Waals surface area (Å²) in [6, 6.07) is 1.25. The molecule has 0 aliphatic heterocycles. The summed E-state index contributed by atoms with van der Waals surface area (Å²) in [7, 11) is 0. The lowest BCUT2D eigenvalue weighted by atomic mass is 10.0. The summed E-state index contributed by atoms with van der Waals surface area (Å²) < 4.78 is 25.9. The second-order valence-corrected chi connectivity index (χ2v) is 3.04. The van der Waals surface area contributed by atoms with E-state index in [0.717, 1.165) is 18.2 Å². The molecule has 5 heteroatoms. The van der Waals surface area contributed by atoms with Gasteiger partial charge < -0.3 is 16.6 Å². The summed E-state index contributed by atoms with van der Waals surface area (Å²) in [6.45, 7) is -0.378. The van der Waals surface area contributed by atoms with Crippen LogP contribution in [0.5, 0.6) is 0 Å². The summed E-state index contributed by atoms with van der Waals surface area (Å²) >= 11 is 0. The van der Waals surface area contributed by atoms with Gasteiger partial charge in [-0.1, -0.05) is 0 Å². The zero-order chi connectivity index (χ0) is 10.7. The van der Waals surface area contributed by atoms with E-state index in [9.17, 15) is 8.78 Å². The second-order valence-electron chi connectivity index (χ2n) is 3.04. The van der Waals surface area contributed by atoms with Gasteiger partial charge in [0.1, 0.15) is 11.6 Å². The van der Waals surface area contributed by atoms with Gasteiger partial charge in [0.25, 0.3) is 0 Å². The van der Waals surface area contributed by atoms with Gasteiger partial charge in [0, 0.05) is 11.6 Å². The van der Waals surface area contributed by atoms with Gasteiger partial charge in [0.2, 0.25) is 0 Å². The second kappa shape index (κ2) is 4.45. The van der Waals surface area contributed by atoms with Crippen LogP contribution in [0.2, 0.25) is 0 Å². The van der Waals surface area contributed by atoms with Gasteiger partial charge in [-0.3, -0.25) is 0 Å². The number of rotatable bonds is 3. The predicted molar refractivity (Wildman–Crippen MR) is 48.3 cm³/mol. The first-order valence-electron chi connectivity index (χ1n) is 4.13. The Morgan fingerprint density at radius 2 is 1.93 bits per heavy atom. The fourth-order valence-corrected chi connectivity index (χ4v) is 1.11. The standard InChI is InChI=1S/C9H12F2N2O/c10-5-1-2-7(11)6(3-5)9(13)8(12)4-14/h1-3,8-9,14H,4,12-13H2. The van der Waals surface area contributed by atoms with E-state index in [1.807, 2.05) is 0 Å². The molecule has 0 bridgehead atoms. The molecule has 78 valence electrons. The molecule has 14 heavy (non-hydrogen) atoms. The molecule has 3 nitrogen and oxygen atoms in total. The van der Waals surface area contributed by atoms with Gasteiger partial charge in [-0.05, 0) is 18.2 Å². The van der Waals surface area contributed by atoms with Gasteiger partial charge in [-0.2, -0.15) is 0 Å². The Balaban J connectivity index is 2.99. The Morgan fingerprint density at radius 1 is 1.29 bits per heavy atom. The van der Waals surface area contributed by atoms with Crippen molar-refractivity contribution in [3.05, 3.63) is 35.4 Å². The average Bonchev–Trinajstić information content (AvgIpc) is 2.19. The first-order chi connectivity index (χ1) is 6.56. The quantitative estimate of drug-likeness (QED) is 0.659. The third kappa shape index (κ3) is 2.25. The highest BCUT2D eigenvalue weighted by molar-refractivity contribution is 5.23. The number of halogens is 2. The van der Waals surface area contributed by atoms with Gasteiger partial charge in [-0.15, -0.1) is 0 Å². The Morgan fingerprint density at radius 3 is 2.50 bits per heavy atom. The van der Waals surface area contributed by atoms with Crippen LogP contribution in [0, 0.1) is 11.6 Å². The molecule has 1 aromatic carbocycles. The first kappa shape index (κ1) is 11.0. The summed E-state index contributed by atoms with van der Waals surface area (Å²) in [5.41, 5.74) is 10.9. The van der Waals surface area contributed by atoms with Crippen molar-refractivity contribution < 1.29 is 13.9 Å². The smallest absolute Gasteiger partial charge is 0.128 e. The maximum absolute atomic E-state index is 13.1. The van der Waals surface area contributed by atoms with Crippen molar-refractivity contribution in [1.82, 2.24) is 0 Å². The normalized spacial score (nSPS) is 15.2. The lowest BCUT2D eigenvalue weighted by molar-refractivity contribution is 0.248. The van der Waals surface area contributed by atoms with Crippen molar-refractivity contribution in [2.24, 2.45) is 11.5 Å². The molecular weight excluding hydrogens is 190 g/mol. The van der Waals surface area contributed by atoms with E-state index in [4.69, 9.17) is 16.6 Å². The lowest BCUT2D eigenvalue weighted by Gasteiger charge is -2.18. The van der Waals surface area contributed by atoms with Crippen LogP contribution in [0.25, 0.3) is 0 Å². The number of hydrogen-bond donors (Lipinski definition) is 3. The highest BCUT2D eigenvalue weighted by Crippen LogP contribution is 2.18. The highest BCUT2D eigenvalue weighted by Gasteiger charge is 2.18. The minimum atomic E-state index is -0.907. The zero-order valence-electron chi connectivity index (χ0n) is 7.45. The molecule has 0 saturated carbocycles. The van der Waals surface area contributed by atoms with Gasteiger partial charge >= 0.3 is 0 Å². The predicted octanol–water partition coefficient (Wildman–Crippen LogP) is 0.284. The molecule has 2 atom stereocenters. The topological polar surface area (TPSA) is 72.3 Å². The van der Waals surface area contributed by atoms with Crippen LogP contribution >= 0.6 is 0 Å². The van der Waals surface area contributed by atoms with Crippen molar-refractivity contribution in [2.45, 2.75) is 12.1 Å². The third-order valence-corrected chi connectivity index (χ3v) is 1.99. The molecular formula is C9H12F2N2O. The molecule has 0 heterocycles. The molecule has 1 rings (SSSR count). The number of aliphatic hydroxyl groups excluding tert-OH is 1. The minimum Gasteiger partial charge on any atom is -0.395 e. The van der Waals surface area contributed by atoms with Gasteiger partial charge in [0.15, 0.2) is 0 Å². The maximum atomic E-state index is 13.1. The maximum Gasteiger partial charge on any atom is 0.128 e. The SMILES string of the molecule is NC(CO)C(N)c1cc(F)ccc1F. The van der Waals surface area contributed by atoms with Crippen molar-refractivity contribution in [3.8, 4) is 0 Å². The Bertz CT molecular complexity index is 320. The van der Waals surface area contributed by atoms with Crippen molar-refractivity contribution in [1.29, 1.82) is 0 Å². The van der Waals surface area contributed by atoms with E-state index in [1.54, 1.807) is 0 Å². The molecule has 2 unspecified atom stereocenters. The molecule has 0 aliphatic rings. The molecule has 0 spiro atoms. The van der Waals surface area contributed by atoms with Crippen LogP contribution in [-0.4, -0.2) is 17.8 Å². The van der Waals surface area contributed by atoms with Gasteiger partial charge in [0.05, 0.1) is 12.6 Å². The lowest BCUT2D eigenvalue weighted by Crippen LogP contribution is -2.37. The van der Waals surface area contributed by atoms with Crippen LogP contribution in [-0.2, 0) is 0 Å². The molecule has 5 N–H and O–H groups in total. The fraction of sp³-hybridized carbons (Fsp3) is 0.333. The summed E-state index contributed by atoms with van der Waals surface area (Å²) in [4.78, 5) is 0. The number of hydrogen-bond acceptors (Lipinski definition) is 3. The molecule has 0 aromatic heterocycles. The summed E-state index contributed by atoms with van der Waals surface area (Å²) in [5, 5.41) is 8.71. The molecule has 0 amide bonds. The number of aliphatic hydroxyl groups is 1. The number of benzene rings is 1. The van der Waals surface area contributed by atoms with E-state index < -0.39 is 23.7 Å². The average molecular weight is 202 g/mol. The summed E-state index contributed by atoms with van der Waals surface area (Å²) in [6.07, 6.45) is 0. The Hall–Kier alpha value is -1.04. The van der Waals surface area contributed by atoms with E-state index in [2.05, 4.69) is 0 Å². The number of nitrogens with two attached hydrogens (primary N) is 2. The molecule has 1 aromatic rings. The Labute approximate surface area is 80.3 Å². The van der Waals surface area contributed by atoms with Crippen LogP contribution in [0.1, 0.15) is 11.6 Å². The monoisotopic (exact) mass is 202 g/mol. The van der Waals surface area contributed by atoms with Crippen molar-refractivity contribution in [3.63, 3.8) is 0 Å². The van der Waals surface area contributed by atoms with E-state index in [0.29, 0.717) is 0 Å². The first-order valence-corrected chi connectivity index (χ1v) is 4.13. The van der Waals surface area contributed by atoms with Crippen molar-refractivity contribution >= 4 is 0 Å². The largest absolute Gasteiger partial charge is 0.395 e. The van der Waals surface area contributed by atoms with Gasteiger partial charge in [-0.25, -0.2) is 8.78 Å². The van der Waals surface area contributed by atoms with Crippen LogP contribution in [0.3, 0.4) is 0 Å².